The Morgan fingerprint density at radius 1 is 1.39 bits per heavy atom. The molecule has 0 aromatic heterocycles. The maximum absolute atomic E-state index is 11.6. The van der Waals surface area contributed by atoms with Gasteiger partial charge in [0.25, 0.3) is 0 Å². The lowest BCUT2D eigenvalue weighted by molar-refractivity contribution is -0.123. The van der Waals surface area contributed by atoms with Gasteiger partial charge >= 0.3 is 0 Å². The number of rotatable bonds is 9. The Bertz CT molecular complexity index is 242. The van der Waals surface area contributed by atoms with Crippen LogP contribution in [-0.4, -0.2) is 49.5 Å². The highest BCUT2D eigenvalue weighted by molar-refractivity contribution is 5.81. The second kappa shape index (κ2) is 8.45. The van der Waals surface area contributed by atoms with E-state index in [1.807, 2.05) is 0 Å². The van der Waals surface area contributed by atoms with Crippen molar-refractivity contribution in [2.24, 2.45) is 5.92 Å². The van der Waals surface area contributed by atoms with Crippen molar-refractivity contribution in [2.45, 2.75) is 45.8 Å². The maximum Gasteiger partial charge on any atom is 0.236 e. The molecule has 0 aliphatic rings. The third kappa shape index (κ3) is 8.44. The number of ether oxygens (including phenoxy) is 1. The van der Waals surface area contributed by atoms with Crippen molar-refractivity contribution in [3.63, 3.8) is 0 Å². The molecule has 108 valence electrons. The summed E-state index contributed by atoms with van der Waals surface area (Å²) in [7, 11) is 1.59. The van der Waals surface area contributed by atoms with Gasteiger partial charge in [0.05, 0.1) is 18.2 Å². The lowest BCUT2D eigenvalue weighted by atomic mass is 9.94. The third-order valence-electron chi connectivity index (χ3n) is 2.64. The molecule has 0 fully saturated rings. The summed E-state index contributed by atoms with van der Waals surface area (Å²) >= 11 is 0. The molecule has 0 radical (unpaired) electrons. The van der Waals surface area contributed by atoms with Crippen LogP contribution in [-0.2, 0) is 9.53 Å². The molecule has 3 N–H and O–H groups in total. The number of aliphatic hydroxyl groups is 1. The molecule has 5 nitrogen and oxygen atoms in total. The highest BCUT2D eigenvalue weighted by Gasteiger charge is 2.23. The van der Waals surface area contributed by atoms with E-state index in [0.717, 1.165) is 0 Å². The van der Waals surface area contributed by atoms with E-state index < -0.39 is 5.60 Å². The topological polar surface area (TPSA) is 70.6 Å². The molecule has 5 heteroatoms. The largest absolute Gasteiger partial charge is 0.389 e. The summed E-state index contributed by atoms with van der Waals surface area (Å²) in [6.07, 6.45) is 0.706. The highest BCUT2D eigenvalue weighted by atomic mass is 16.5. The average Bonchev–Trinajstić information content (AvgIpc) is 2.24. The number of amides is 1. The Balaban J connectivity index is 3.93. The van der Waals surface area contributed by atoms with Crippen LogP contribution in [0.15, 0.2) is 0 Å². The van der Waals surface area contributed by atoms with E-state index in [4.69, 9.17) is 4.74 Å². The molecule has 0 spiro atoms. The SMILES string of the molecule is COCCNC(=O)C(C)NCC(C)(O)CC(C)C. The van der Waals surface area contributed by atoms with E-state index in [1.54, 1.807) is 21.0 Å². The van der Waals surface area contributed by atoms with Gasteiger partial charge in [-0.15, -0.1) is 0 Å². The Labute approximate surface area is 110 Å². The smallest absolute Gasteiger partial charge is 0.236 e. The molecule has 0 aliphatic carbocycles. The molecule has 0 saturated heterocycles. The molecule has 1 amide bonds. The standard InChI is InChI=1S/C13H28N2O3/c1-10(2)8-13(4,17)9-15-11(3)12(16)14-6-7-18-5/h10-11,15,17H,6-9H2,1-5H3,(H,14,16). The predicted molar refractivity (Wildman–Crippen MR) is 72.4 cm³/mol. The minimum atomic E-state index is -0.783. The summed E-state index contributed by atoms with van der Waals surface area (Å²) in [5.41, 5.74) is -0.783. The zero-order chi connectivity index (χ0) is 14.2. The molecule has 0 aliphatic heterocycles. The van der Waals surface area contributed by atoms with Gasteiger partial charge in [-0.2, -0.15) is 0 Å². The summed E-state index contributed by atoms with van der Waals surface area (Å²) in [6, 6.07) is -0.319. The number of carbonyl (C=O) groups is 1. The monoisotopic (exact) mass is 260 g/mol. The molecule has 0 aromatic carbocycles. The zero-order valence-electron chi connectivity index (χ0n) is 12.2. The van der Waals surface area contributed by atoms with Crippen molar-refractivity contribution in [3.8, 4) is 0 Å². The van der Waals surface area contributed by atoms with Crippen molar-refractivity contribution in [1.82, 2.24) is 10.6 Å². The van der Waals surface area contributed by atoms with Gasteiger partial charge in [0.15, 0.2) is 0 Å². The van der Waals surface area contributed by atoms with E-state index in [2.05, 4.69) is 24.5 Å². The molecular formula is C13H28N2O3. The van der Waals surface area contributed by atoms with Crippen LogP contribution >= 0.6 is 0 Å². The van der Waals surface area contributed by atoms with Crippen molar-refractivity contribution in [3.05, 3.63) is 0 Å². The lowest BCUT2D eigenvalue weighted by Crippen LogP contribution is -2.48. The van der Waals surface area contributed by atoms with Gasteiger partial charge in [0, 0.05) is 20.2 Å². The number of nitrogens with one attached hydrogen (secondary N) is 2. The molecule has 18 heavy (non-hydrogen) atoms. The summed E-state index contributed by atoms with van der Waals surface area (Å²) in [6.45, 7) is 9.12. The second-order valence-corrected chi connectivity index (χ2v) is 5.48. The molecule has 2 unspecified atom stereocenters. The van der Waals surface area contributed by atoms with Crippen LogP contribution in [0.5, 0.6) is 0 Å². The van der Waals surface area contributed by atoms with Crippen LogP contribution in [0.4, 0.5) is 0 Å². The molecular weight excluding hydrogens is 232 g/mol. The van der Waals surface area contributed by atoms with Crippen molar-refractivity contribution in [1.29, 1.82) is 0 Å². The van der Waals surface area contributed by atoms with E-state index in [1.165, 1.54) is 0 Å². The fourth-order valence-corrected chi connectivity index (χ4v) is 1.85. The first-order chi connectivity index (χ1) is 8.28. The Hall–Kier alpha value is -0.650. The molecule has 0 bridgehead atoms. The van der Waals surface area contributed by atoms with Crippen LogP contribution < -0.4 is 10.6 Å². The van der Waals surface area contributed by atoms with E-state index in [9.17, 15) is 9.90 Å². The fraction of sp³-hybridized carbons (Fsp3) is 0.923. The van der Waals surface area contributed by atoms with Crippen LogP contribution in [0.2, 0.25) is 0 Å². The molecule has 0 aromatic rings. The van der Waals surface area contributed by atoms with E-state index in [-0.39, 0.29) is 11.9 Å². The summed E-state index contributed by atoms with van der Waals surface area (Å²) in [4.78, 5) is 11.6. The van der Waals surface area contributed by atoms with Crippen LogP contribution in [0.1, 0.15) is 34.1 Å². The van der Waals surface area contributed by atoms with Gasteiger partial charge in [-0.25, -0.2) is 0 Å². The molecule has 2 atom stereocenters. The van der Waals surface area contributed by atoms with Crippen molar-refractivity contribution in [2.75, 3.05) is 26.8 Å². The molecule has 0 rings (SSSR count). The highest BCUT2D eigenvalue weighted by Crippen LogP contribution is 2.15. The maximum atomic E-state index is 11.6. The minimum Gasteiger partial charge on any atom is -0.389 e. The first kappa shape index (κ1) is 17.4. The minimum absolute atomic E-state index is 0.0765. The lowest BCUT2D eigenvalue weighted by Gasteiger charge is -2.27. The van der Waals surface area contributed by atoms with Crippen molar-refractivity contribution >= 4 is 5.91 Å². The van der Waals surface area contributed by atoms with Crippen LogP contribution in [0, 0.1) is 5.92 Å². The summed E-state index contributed by atoms with van der Waals surface area (Å²) in [5, 5.41) is 15.9. The summed E-state index contributed by atoms with van der Waals surface area (Å²) < 4.78 is 4.85. The van der Waals surface area contributed by atoms with Crippen LogP contribution in [0.25, 0.3) is 0 Å². The quantitative estimate of drug-likeness (QED) is 0.529. The van der Waals surface area contributed by atoms with E-state index >= 15 is 0 Å². The number of hydrogen-bond donors (Lipinski definition) is 3. The molecule has 0 saturated carbocycles. The third-order valence-corrected chi connectivity index (χ3v) is 2.64. The fourth-order valence-electron chi connectivity index (χ4n) is 1.85. The van der Waals surface area contributed by atoms with Gasteiger partial charge in [0.2, 0.25) is 5.91 Å². The van der Waals surface area contributed by atoms with Gasteiger partial charge in [-0.3, -0.25) is 4.79 Å². The second-order valence-electron chi connectivity index (χ2n) is 5.48. The predicted octanol–water partition coefficient (Wildman–Crippen LogP) is 0.524. The van der Waals surface area contributed by atoms with Gasteiger partial charge in [0.1, 0.15) is 0 Å². The van der Waals surface area contributed by atoms with Crippen molar-refractivity contribution < 1.29 is 14.6 Å². The Morgan fingerprint density at radius 3 is 2.50 bits per heavy atom. The average molecular weight is 260 g/mol. The zero-order valence-corrected chi connectivity index (χ0v) is 12.2. The molecule has 0 heterocycles. The van der Waals surface area contributed by atoms with Crippen LogP contribution in [0.3, 0.4) is 0 Å². The normalized spacial score (nSPS) is 16.4. The first-order valence-corrected chi connectivity index (χ1v) is 6.51. The number of carbonyl (C=O) groups excluding carboxylic acids is 1. The number of hydrogen-bond acceptors (Lipinski definition) is 4. The number of methoxy groups -OCH3 is 1. The van der Waals surface area contributed by atoms with Gasteiger partial charge < -0.3 is 20.5 Å². The summed E-state index contributed by atoms with van der Waals surface area (Å²) in [5.74, 6) is 0.347. The Morgan fingerprint density at radius 2 is 2.00 bits per heavy atom. The van der Waals surface area contributed by atoms with Gasteiger partial charge in [-0.1, -0.05) is 13.8 Å². The van der Waals surface area contributed by atoms with Gasteiger partial charge in [-0.05, 0) is 26.2 Å². The first-order valence-electron chi connectivity index (χ1n) is 6.51. The van der Waals surface area contributed by atoms with E-state index in [0.29, 0.717) is 32.0 Å². The Kier molecular flexibility index (Phi) is 8.15.